The molecule has 1 N–H and O–H groups in total. The molecule has 0 radical (unpaired) electrons. The van der Waals surface area contributed by atoms with E-state index < -0.39 is 6.04 Å². The lowest BCUT2D eigenvalue weighted by Crippen LogP contribution is -2.30. The largest absolute Gasteiger partial charge is 0.486 e. The topological polar surface area (TPSA) is 56.8 Å². The van der Waals surface area contributed by atoms with Crippen LogP contribution >= 0.6 is 15.9 Å². The fourth-order valence-corrected chi connectivity index (χ4v) is 2.60. The number of esters is 1. The third kappa shape index (κ3) is 3.69. The molecule has 0 amide bonds. The van der Waals surface area contributed by atoms with Crippen molar-refractivity contribution in [2.24, 2.45) is 0 Å². The number of nitrogens with one attached hydrogen (secondary N) is 1. The fraction of sp³-hybridized carbons (Fsp3) is 0.400. The molecule has 6 heteroatoms. The number of carbonyl (C=O) groups excluding carboxylic acids is 1. The van der Waals surface area contributed by atoms with E-state index in [1.165, 1.54) is 0 Å². The van der Waals surface area contributed by atoms with Gasteiger partial charge in [-0.25, -0.2) is 4.79 Å². The van der Waals surface area contributed by atoms with Crippen LogP contribution in [0, 0.1) is 12.3 Å². The first-order valence-electron chi connectivity index (χ1n) is 6.60. The van der Waals surface area contributed by atoms with Crippen LogP contribution in [0.15, 0.2) is 16.6 Å². The maximum absolute atomic E-state index is 12.1. The lowest BCUT2D eigenvalue weighted by molar-refractivity contribution is -0.145. The van der Waals surface area contributed by atoms with E-state index in [1.807, 2.05) is 0 Å². The fourth-order valence-electron chi connectivity index (χ4n) is 2.02. The van der Waals surface area contributed by atoms with Gasteiger partial charge in [0.2, 0.25) is 0 Å². The van der Waals surface area contributed by atoms with Crippen molar-refractivity contribution >= 4 is 21.9 Å². The molecule has 1 heterocycles. The highest BCUT2D eigenvalue weighted by Gasteiger charge is 2.25. The summed E-state index contributed by atoms with van der Waals surface area (Å²) in [6, 6.07) is 2.93. The van der Waals surface area contributed by atoms with Crippen LogP contribution in [0.2, 0.25) is 0 Å². The molecular weight excluding hydrogens is 338 g/mol. The molecule has 112 valence electrons. The molecule has 0 saturated carbocycles. The molecule has 1 aliphatic rings. The molecule has 1 aliphatic heterocycles. The van der Waals surface area contributed by atoms with Crippen LogP contribution in [0.1, 0.15) is 18.5 Å². The van der Waals surface area contributed by atoms with Crippen LogP contribution in [0.5, 0.6) is 11.5 Å². The second-order valence-corrected chi connectivity index (χ2v) is 5.15. The molecule has 21 heavy (non-hydrogen) atoms. The van der Waals surface area contributed by atoms with E-state index in [-0.39, 0.29) is 12.5 Å². The Kier molecular flexibility index (Phi) is 5.48. The van der Waals surface area contributed by atoms with Gasteiger partial charge in [0, 0.05) is 0 Å². The molecule has 2 rings (SSSR count). The van der Waals surface area contributed by atoms with Crippen LogP contribution < -0.4 is 14.8 Å². The highest BCUT2D eigenvalue weighted by Crippen LogP contribution is 2.40. The summed E-state index contributed by atoms with van der Waals surface area (Å²) in [5, 5.41) is 2.98. The number of ether oxygens (including phenoxy) is 3. The van der Waals surface area contributed by atoms with Crippen LogP contribution in [0.3, 0.4) is 0 Å². The highest BCUT2D eigenvalue weighted by molar-refractivity contribution is 9.10. The number of benzene rings is 1. The van der Waals surface area contributed by atoms with Gasteiger partial charge in [0.1, 0.15) is 19.3 Å². The van der Waals surface area contributed by atoms with Gasteiger partial charge >= 0.3 is 5.97 Å². The van der Waals surface area contributed by atoms with Gasteiger partial charge in [0.15, 0.2) is 11.5 Å². The van der Waals surface area contributed by atoms with E-state index in [1.54, 1.807) is 19.1 Å². The standard InChI is InChI=1S/C15H16BrNO4/c1-3-5-17-13(15(18)19-4-2)10-8-11(16)14-12(9-10)20-6-7-21-14/h1,8-9,13,17H,4-7H2,2H3. The number of rotatable bonds is 5. The highest BCUT2D eigenvalue weighted by atomic mass is 79.9. The van der Waals surface area contributed by atoms with Crippen LogP contribution in [0.4, 0.5) is 0 Å². The summed E-state index contributed by atoms with van der Waals surface area (Å²) in [6.45, 7) is 3.30. The Balaban J connectivity index is 2.33. The second-order valence-electron chi connectivity index (χ2n) is 4.30. The minimum Gasteiger partial charge on any atom is -0.486 e. The average Bonchev–Trinajstić information content (AvgIpc) is 2.48. The Morgan fingerprint density at radius 2 is 2.29 bits per heavy atom. The molecule has 1 aromatic rings. The predicted molar refractivity (Wildman–Crippen MR) is 81.3 cm³/mol. The number of halogens is 1. The molecule has 5 nitrogen and oxygen atoms in total. The Hall–Kier alpha value is -1.71. The Bertz CT molecular complexity index is 568. The summed E-state index contributed by atoms with van der Waals surface area (Å²) < 4.78 is 16.9. The van der Waals surface area contributed by atoms with Crippen LogP contribution in [-0.4, -0.2) is 32.3 Å². The molecule has 0 saturated heterocycles. The maximum atomic E-state index is 12.1. The van der Waals surface area contributed by atoms with Gasteiger partial charge in [-0.15, -0.1) is 6.42 Å². The van der Waals surface area contributed by atoms with E-state index in [0.29, 0.717) is 36.9 Å². The van der Waals surface area contributed by atoms with Crippen LogP contribution in [-0.2, 0) is 9.53 Å². The SMILES string of the molecule is C#CCNC(C(=O)OCC)c1cc(Br)c2c(c1)OCCO2. The molecule has 1 atom stereocenters. The molecule has 1 aromatic carbocycles. The first-order valence-corrected chi connectivity index (χ1v) is 7.39. The molecule has 0 spiro atoms. The molecule has 1 unspecified atom stereocenters. The van der Waals surface area contributed by atoms with Crippen LogP contribution in [0.25, 0.3) is 0 Å². The van der Waals surface area contributed by atoms with Crippen molar-refractivity contribution in [3.63, 3.8) is 0 Å². The summed E-state index contributed by atoms with van der Waals surface area (Å²) in [6.07, 6.45) is 5.25. The summed E-state index contributed by atoms with van der Waals surface area (Å²) in [4.78, 5) is 12.1. The monoisotopic (exact) mass is 353 g/mol. The molecule has 0 aromatic heterocycles. The molecular formula is C15H16BrNO4. The van der Waals surface area contributed by atoms with Gasteiger partial charge < -0.3 is 14.2 Å². The summed E-state index contributed by atoms with van der Waals surface area (Å²) in [7, 11) is 0. The number of terminal acetylenes is 1. The van der Waals surface area contributed by atoms with E-state index in [4.69, 9.17) is 20.6 Å². The normalized spacial score (nSPS) is 14.1. The summed E-state index contributed by atoms with van der Waals surface area (Å²) in [5.41, 5.74) is 0.708. The molecule has 0 aliphatic carbocycles. The van der Waals surface area contributed by atoms with Gasteiger partial charge in [-0.2, -0.15) is 0 Å². The molecule has 0 bridgehead atoms. The third-order valence-corrected chi connectivity index (χ3v) is 3.47. The number of hydrogen-bond donors (Lipinski definition) is 1. The van der Waals surface area contributed by atoms with Crippen molar-refractivity contribution in [2.45, 2.75) is 13.0 Å². The second kappa shape index (κ2) is 7.34. The molecule has 0 fully saturated rings. The van der Waals surface area contributed by atoms with Gasteiger partial charge in [0.25, 0.3) is 0 Å². The van der Waals surface area contributed by atoms with Crippen molar-refractivity contribution < 1.29 is 19.0 Å². The van der Waals surface area contributed by atoms with Crippen molar-refractivity contribution in [1.29, 1.82) is 0 Å². The lowest BCUT2D eigenvalue weighted by Gasteiger charge is -2.23. The number of carbonyl (C=O) groups is 1. The smallest absolute Gasteiger partial charge is 0.327 e. The zero-order chi connectivity index (χ0) is 15.2. The van der Waals surface area contributed by atoms with Gasteiger partial charge in [0.05, 0.1) is 17.6 Å². The quantitative estimate of drug-likeness (QED) is 0.648. The summed E-state index contributed by atoms with van der Waals surface area (Å²) in [5.74, 6) is 3.32. The maximum Gasteiger partial charge on any atom is 0.327 e. The average molecular weight is 354 g/mol. The zero-order valence-electron chi connectivity index (χ0n) is 11.6. The van der Waals surface area contributed by atoms with E-state index in [2.05, 4.69) is 27.2 Å². The Morgan fingerprint density at radius 1 is 1.52 bits per heavy atom. The van der Waals surface area contributed by atoms with Crippen molar-refractivity contribution in [2.75, 3.05) is 26.4 Å². The predicted octanol–water partition coefficient (Wildman–Crippen LogP) is 2.05. The number of fused-ring (bicyclic) bond motifs is 1. The Labute approximate surface area is 132 Å². The van der Waals surface area contributed by atoms with Gasteiger partial charge in [-0.1, -0.05) is 5.92 Å². The van der Waals surface area contributed by atoms with Crippen molar-refractivity contribution in [3.05, 3.63) is 22.2 Å². The van der Waals surface area contributed by atoms with E-state index >= 15 is 0 Å². The van der Waals surface area contributed by atoms with Gasteiger partial charge in [-0.05, 0) is 40.5 Å². The lowest BCUT2D eigenvalue weighted by atomic mass is 10.1. The van der Waals surface area contributed by atoms with Crippen molar-refractivity contribution in [3.8, 4) is 23.8 Å². The van der Waals surface area contributed by atoms with Crippen molar-refractivity contribution in [1.82, 2.24) is 5.32 Å². The summed E-state index contributed by atoms with van der Waals surface area (Å²) >= 11 is 3.43. The minimum absolute atomic E-state index is 0.259. The van der Waals surface area contributed by atoms with Gasteiger partial charge in [-0.3, -0.25) is 5.32 Å². The first kappa shape index (κ1) is 15.7. The zero-order valence-corrected chi connectivity index (χ0v) is 13.2. The Morgan fingerprint density at radius 3 is 3.00 bits per heavy atom. The third-order valence-electron chi connectivity index (χ3n) is 2.88. The van der Waals surface area contributed by atoms with E-state index in [0.717, 1.165) is 4.47 Å². The number of hydrogen-bond acceptors (Lipinski definition) is 5. The first-order chi connectivity index (χ1) is 10.2. The minimum atomic E-state index is -0.645. The van der Waals surface area contributed by atoms with E-state index in [9.17, 15) is 4.79 Å².